The molecule has 0 atom stereocenters. The summed E-state index contributed by atoms with van der Waals surface area (Å²) in [5, 5.41) is 24.6. The summed E-state index contributed by atoms with van der Waals surface area (Å²) in [4.78, 5) is 12.7. The zero-order chi connectivity index (χ0) is 17.4. The summed E-state index contributed by atoms with van der Waals surface area (Å²) in [7, 11) is 0. The number of nitrogens with zero attached hydrogens (tertiary/aromatic N) is 3. The third-order valence-electron chi connectivity index (χ3n) is 4.91. The quantitative estimate of drug-likeness (QED) is 0.710. The van der Waals surface area contributed by atoms with Gasteiger partial charge < -0.3 is 9.52 Å². The number of hydrogen-bond acceptors (Lipinski definition) is 6. The fourth-order valence-corrected chi connectivity index (χ4v) is 3.79. The van der Waals surface area contributed by atoms with Gasteiger partial charge >= 0.3 is 0 Å². The Morgan fingerprint density at radius 3 is 2.76 bits per heavy atom. The molecule has 3 aromatic rings. The number of nitrogens with one attached hydrogen (secondary N) is 1. The molecule has 1 aliphatic carbocycles. The Balaban J connectivity index is 2.08. The molecule has 0 amide bonds. The lowest BCUT2D eigenvalue weighted by Crippen LogP contribution is -2.08. The minimum absolute atomic E-state index is 0.0859. The lowest BCUT2D eigenvalue weighted by molar-refractivity contribution is 0.470. The van der Waals surface area contributed by atoms with Crippen LogP contribution in [0.2, 0.25) is 0 Å². The van der Waals surface area contributed by atoms with Gasteiger partial charge in [0, 0.05) is 6.07 Å². The fraction of sp³-hybridized carbons (Fsp3) is 0.444. The van der Waals surface area contributed by atoms with Crippen molar-refractivity contribution >= 4 is 11.0 Å². The first-order valence-electron chi connectivity index (χ1n) is 8.78. The number of aromatic hydroxyl groups is 1. The molecule has 0 bridgehead atoms. The van der Waals surface area contributed by atoms with Crippen molar-refractivity contribution in [2.75, 3.05) is 0 Å². The van der Waals surface area contributed by atoms with Crippen LogP contribution in [0.4, 0.5) is 0 Å². The summed E-state index contributed by atoms with van der Waals surface area (Å²) in [5.74, 6) is 0.673. The van der Waals surface area contributed by atoms with Gasteiger partial charge in [0.15, 0.2) is 11.2 Å². The number of aromatic amines is 1. The van der Waals surface area contributed by atoms with Crippen LogP contribution < -0.4 is 5.43 Å². The van der Waals surface area contributed by atoms with Crippen LogP contribution >= 0.6 is 0 Å². The van der Waals surface area contributed by atoms with E-state index in [9.17, 15) is 9.90 Å². The van der Waals surface area contributed by atoms with Crippen molar-refractivity contribution in [3.05, 3.63) is 33.0 Å². The number of benzene rings is 1. The Hall–Kier alpha value is -2.70. The average Bonchev–Trinajstić information content (AvgIpc) is 3.03. The summed E-state index contributed by atoms with van der Waals surface area (Å²) in [6, 6.07) is 1.34. The molecule has 7 nitrogen and oxygen atoms in total. The van der Waals surface area contributed by atoms with Crippen LogP contribution in [0.25, 0.3) is 22.6 Å². The zero-order valence-electron chi connectivity index (χ0n) is 14.1. The molecule has 0 unspecified atom stereocenters. The molecule has 2 aromatic heterocycles. The maximum absolute atomic E-state index is 12.7. The number of aromatic nitrogens is 4. The lowest BCUT2D eigenvalue weighted by Gasteiger charge is -2.17. The van der Waals surface area contributed by atoms with Crippen molar-refractivity contribution in [1.29, 1.82) is 0 Å². The minimum Gasteiger partial charge on any atom is -0.507 e. The van der Waals surface area contributed by atoms with E-state index in [-0.39, 0.29) is 22.3 Å². The molecule has 0 radical (unpaired) electrons. The molecular weight excluding hydrogens is 320 g/mol. The summed E-state index contributed by atoms with van der Waals surface area (Å²) >= 11 is 0. The number of H-pyrrole nitrogens is 1. The van der Waals surface area contributed by atoms with Gasteiger partial charge in [-0.2, -0.15) is 0 Å². The molecule has 4 rings (SSSR count). The van der Waals surface area contributed by atoms with E-state index in [0.717, 1.165) is 61.6 Å². The van der Waals surface area contributed by atoms with Crippen molar-refractivity contribution in [2.45, 2.75) is 51.9 Å². The fourth-order valence-electron chi connectivity index (χ4n) is 3.79. The molecule has 0 fully saturated rings. The number of rotatable bonds is 3. The van der Waals surface area contributed by atoms with Gasteiger partial charge in [0.2, 0.25) is 5.82 Å². The number of hydrogen-bond donors (Lipinski definition) is 2. The van der Waals surface area contributed by atoms with E-state index in [0.29, 0.717) is 11.4 Å². The van der Waals surface area contributed by atoms with Gasteiger partial charge in [-0.3, -0.25) is 4.79 Å². The summed E-state index contributed by atoms with van der Waals surface area (Å²) < 4.78 is 6.02. The highest BCUT2D eigenvalue weighted by Gasteiger charge is 2.24. The Morgan fingerprint density at radius 1 is 1.24 bits per heavy atom. The largest absolute Gasteiger partial charge is 0.507 e. The summed E-state index contributed by atoms with van der Waals surface area (Å²) in [6.07, 6.45) is 6.71. The van der Waals surface area contributed by atoms with Gasteiger partial charge in [0.05, 0.1) is 0 Å². The molecule has 0 saturated carbocycles. The average molecular weight is 340 g/mol. The first-order valence-corrected chi connectivity index (χ1v) is 8.78. The van der Waals surface area contributed by atoms with Gasteiger partial charge in [-0.25, -0.2) is 5.10 Å². The Kier molecular flexibility index (Phi) is 3.99. The van der Waals surface area contributed by atoms with Crippen LogP contribution in [0.15, 0.2) is 15.3 Å². The number of phenolic OH excluding ortho intramolecular Hbond substituents is 1. The molecule has 2 N–H and O–H groups in total. The normalized spacial score (nSPS) is 14.4. The van der Waals surface area contributed by atoms with Crippen LogP contribution in [0, 0.1) is 0 Å². The van der Waals surface area contributed by atoms with Gasteiger partial charge in [-0.15, -0.1) is 5.10 Å². The first-order chi connectivity index (χ1) is 12.2. The van der Waals surface area contributed by atoms with Crippen molar-refractivity contribution in [3.8, 4) is 17.3 Å². The second kappa shape index (κ2) is 6.31. The van der Waals surface area contributed by atoms with Crippen LogP contribution in [0.1, 0.15) is 49.3 Å². The highest BCUT2D eigenvalue weighted by Crippen LogP contribution is 2.39. The van der Waals surface area contributed by atoms with Crippen LogP contribution in [-0.4, -0.2) is 25.7 Å². The summed E-state index contributed by atoms with van der Waals surface area (Å²) in [5.41, 5.74) is 3.32. The van der Waals surface area contributed by atoms with Crippen molar-refractivity contribution < 1.29 is 9.52 Å². The topological polar surface area (TPSA) is 105 Å². The minimum atomic E-state index is -0.269. The van der Waals surface area contributed by atoms with Gasteiger partial charge in [0.25, 0.3) is 0 Å². The predicted molar refractivity (Wildman–Crippen MR) is 92.6 cm³/mol. The predicted octanol–water partition coefficient (Wildman–Crippen LogP) is 2.90. The highest BCUT2D eigenvalue weighted by molar-refractivity contribution is 5.90. The van der Waals surface area contributed by atoms with E-state index in [1.54, 1.807) is 0 Å². The summed E-state index contributed by atoms with van der Waals surface area (Å²) in [6.45, 7) is 2.10. The SMILES string of the molecule is CCCc1c2c(c(O)c3c(=O)cc(-c4nnn[nH]4)oc13)CCCCC2. The molecule has 0 saturated heterocycles. The maximum Gasteiger partial charge on any atom is 0.215 e. The van der Waals surface area contributed by atoms with Crippen molar-refractivity contribution in [2.24, 2.45) is 0 Å². The van der Waals surface area contributed by atoms with Crippen molar-refractivity contribution in [3.63, 3.8) is 0 Å². The lowest BCUT2D eigenvalue weighted by atomic mass is 9.91. The van der Waals surface area contributed by atoms with E-state index in [4.69, 9.17) is 4.42 Å². The van der Waals surface area contributed by atoms with Crippen molar-refractivity contribution in [1.82, 2.24) is 20.6 Å². The monoisotopic (exact) mass is 340 g/mol. The van der Waals surface area contributed by atoms with E-state index in [2.05, 4.69) is 27.5 Å². The highest BCUT2D eigenvalue weighted by atomic mass is 16.3. The second-order valence-corrected chi connectivity index (χ2v) is 6.52. The number of fused-ring (bicyclic) bond motifs is 2. The molecule has 25 heavy (non-hydrogen) atoms. The Morgan fingerprint density at radius 2 is 2.04 bits per heavy atom. The number of aryl methyl sites for hydroxylation is 1. The molecule has 0 spiro atoms. The standard InChI is InChI=1S/C18H20N4O3/c1-2-6-12-10-7-4-3-5-8-11(10)16(24)15-13(23)9-14(25-17(12)15)18-19-21-22-20-18/h9,24H,2-8H2,1H3,(H,19,20,21,22). The van der Waals surface area contributed by atoms with E-state index < -0.39 is 0 Å². The molecule has 0 aliphatic heterocycles. The maximum atomic E-state index is 12.7. The smallest absolute Gasteiger partial charge is 0.215 e. The zero-order valence-corrected chi connectivity index (χ0v) is 14.1. The Bertz CT molecular complexity index is 976. The van der Waals surface area contributed by atoms with Gasteiger partial charge in [-0.1, -0.05) is 19.8 Å². The van der Waals surface area contributed by atoms with E-state index >= 15 is 0 Å². The first kappa shape index (κ1) is 15.8. The Labute approximate surface area is 144 Å². The number of phenols is 1. The second-order valence-electron chi connectivity index (χ2n) is 6.52. The molecule has 2 heterocycles. The van der Waals surface area contributed by atoms with Crippen LogP contribution in [0.3, 0.4) is 0 Å². The van der Waals surface area contributed by atoms with Crippen LogP contribution in [-0.2, 0) is 19.3 Å². The number of tetrazole rings is 1. The van der Waals surface area contributed by atoms with Crippen LogP contribution in [0.5, 0.6) is 5.75 Å². The molecule has 7 heteroatoms. The van der Waals surface area contributed by atoms with E-state index in [1.807, 2.05) is 0 Å². The molecule has 1 aliphatic rings. The third-order valence-corrected chi connectivity index (χ3v) is 4.91. The molecular formula is C18H20N4O3. The third kappa shape index (κ3) is 2.59. The van der Waals surface area contributed by atoms with E-state index in [1.165, 1.54) is 6.07 Å². The molecule has 130 valence electrons. The van der Waals surface area contributed by atoms with Gasteiger partial charge in [-0.05, 0) is 59.2 Å². The molecule has 1 aromatic carbocycles. The van der Waals surface area contributed by atoms with Gasteiger partial charge in [0.1, 0.15) is 16.7 Å².